The molecule has 0 bridgehead atoms. The van der Waals surface area contributed by atoms with Crippen LogP contribution in [0.1, 0.15) is 15.9 Å². The van der Waals surface area contributed by atoms with Gasteiger partial charge in [0.15, 0.2) is 5.75 Å². The fraction of sp³-hybridized carbons (Fsp3) is 0.0645. The molecule has 1 aromatic heterocycles. The molecule has 0 aliphatic rings. The number of carbonyl (C=O) groups excluding carboxylic acids is 1. The van der Waals surface area contributed by atoms with Gasteiger partial charge >= 0.3 is 10.6 Å². The molecule has 10 nitrogen and oxygen atoms in total. The van der Waals surface area contributed by atoms with E-state index < -0.39 is 16.5 Å². The van der Waals surface area contributed by atoms with Crippen molar-refractivity contribution in [2.24, 2.45) is 10.2 Å². The van der Waals surface area contributed by atoms with Gasteiger partial charge in [0.1, 0.15) is 11.4 Å². The quantitative estimate of drug-likeness (QED) is 0.184. The number of phenolic OH excluding ortho intramolecular Hbond substituents is 1. The number of amides is 1. The number of nitrogens with zero attached hydrogens (tertiary/aromatic N) is 2. The van der Waals surface area contributed by atoms with Crippen molar-refractivity contribution >= 4 is 66.2 Å². The second-order valence-corrected chi connectivity index (χ2v) is 9.66. The van der Waals surface area contributed by atoms with E-state index in [-0.39, 0.29) is 17.0 Å². The van der Waals surface area contributed by atoms with Gasteiger partial charge in [-0.2, -0.15) is 5.11 Å². The monoisotopic (exact) mass is 580 g/mol. The molecule has 1 heterocycles. The minimum absolute atomic E-state index is 0.102. The van der Waals surface area contributed by atoms with Crippen molar-refractivity contribution in [3.63, 3.8) is 0 Å². The fourth-order valence-electron chi connectivity index (χ4n) is 4.75. The Bertz CT molecular complexity index is 2100. The maximum absolute atomic E-state index is 13.4. The number of phenols is 1. The molecule has 42 heavy (non-hydrogen) atoms. The van der Waals surface area contributed by atoms with Crippen molar-refractivity contribution in [2.45, 2.75) is 6.92 Å². The lowest BCUT2D eigenvalue weighted by molar-refractivity contribution is 0.102. The largest absolute Gasteiger partial charge is 0.505 e. The predicted octanol–water partition coefficient (Wildman–Crippen LogP) is 7.16. The first kappa shape index (κ1) is 28.0. The minimum atomic E-state index is -3.11. The lowest BCUT2D eigenvalue weighted by atomic mass is 10.00. The van der Waals surface area contributed by atoms with Gasteiger partial charge in [-0.25, -0.2) is 0 Å². The summed E-state index contributed by atoms with van der Waals surface area (Å²) in [7, 11) is -1.52. The zero-order valence-corrected chi connectivity index (χ0v) is 23.3. The third-order valence-corrected chi connectivity index (χ3v) is 6.68. The van der Waals surface area contributed by atoms with Gasteiger partial charge in [0.05, 0.1) is 23.9 Å². The van der Waals surface area contributed by atoms with Gasteiger partial charge in [-0.05, 0) is 60.3 Å². The Morgan fingerprint density at radius 3 is 2.31 bits per heavy atom. The molecule has 0 spiro atoms. The van der Waals surface area contributed by atoms with Crippen LogP contribution in [0.25, 0.3) is 32.6 Å². The Kier molecular flexibility index (Phi) is 7.93. The molecular formula is C31H24N4O6S. The van der Waals surface area contributed by atoms with Gasteiger partial charge in [0.2, 0.25) is 0 Å². The van der Waals surface area contributed by atoms with Gasteiger partial charge in [-0.3, -0.25) is 4.79 Å². The van der Waals surface area contributed by atoms with Crippen LogP contribution in [0.4, 0.5) is 17.1 Å². The van der Waals surface area contributed by atoms with E-state index in [2.05, 4.69) is 20.5 Å². The van der Waals surface area contributed by atoms with E-state index in [4.69, 9.17) is 17.4 Å². The molecule has 3 N–H and O–H groups in total. The summed E-state index contributed by atoms with van der Waals surface area (Å²) < 4.78 is 30.6. The summed E-state index contributed by atoms with van der Waals surface area (Å²) in [5.74, 6) is -0.00223. The van der Waals surface area contributed by atoms with Crippen LogP contribution < -0.4 is 10.1 Å². The number of hydrogen-bond donors (Lipinski definition) is 3. The predicted molar refractivity (Wildman–Crippen MR) is 161 cm³/mol. The number of para-hydroxylation sites is 1. The maximum Gasteiger partial charge on any atom is 0.425 e. The van der Waals surface area contributed by atoms with Gasteiger partial charge < -0.3 is 20.1 Å². The summed E-state index contributed by atoms with van der Waals surface area (Å²) in [6.07, 6.45) is 0. The number of carbonyl (C=O) groups is 1. The van der Waals surface area contributed by atoms with Crippen molar-refractivity contribution in [1.29, 1.82) is 0 Å². The molecule has 0 saturated carbocycles. The Morgan fingerprint density at radius 2 is 1.60 bits per heavy atom. The Labute approximate surface area is 241 Å². The third-order valence-electron chi connectivity index (χ3n) is 6.68. The van der Waals surface area contributed by atoms with E-state index in [0.29, 0.717) is 22.5 Å². The zero-order valence-electron chi connectivity index (χ0n) is 22.5. The summed E-state index contributed by atoms with van der Waals surface area (Å²) in [6.45, 7) is 1.88. The van der Waals surface area contributed by atoms with Gasteiger partial charge in [0, 0.05) is 27.4 Å². The average molecular weight is 581 g/mol. The van der Waals surface area contributed by atoms with Crippen molar-refractivity contribution in [3.05, 3.63) is 102 Å². The van der Waals surface area contributed by atoms with Gasteiger partial charge in [-0.1, -0.05) is 48.5 Å². The molecule has 1 amide bonds. The first-order valence-corrected chi connectivity index (χ1v) is 13.7. The van der Waals surface area contributed by atoms with Gasteiger partial charge in [-0.15, -0.1) is 17.7 Å². The van der Waals surface area contributed by atoms with Crippen molar-refractivity contribution < 1.29 is 27.3 Å². The molecule has 11 heteroatoms. The summed E-state index contributed by atoms with van der Waals surface area (Å²) >= 11 is 0. The number of aromatic nitrogens is 1. The van der Waals surface area contributed by atoms with Crippen LogP contribution in [-0.4, -0.2) is 35.7 Å². The SMILES string of the molecule is COc1ccc(NC(=O)c2cc3ccc4c5ccccc5[nH]c4c3c(N=Nc3ccccc3)c2O)c(C)c1.O=S(=O)=O. The number of nitrogens with one attached hydrogen (secondary N) is 2. The molecule has 0 fully saturated rings. The first-order chi connectivity index (χ1) is 20.3. The highest BCUT2D eigenvalue weighted by Gasteiger charge is 2.22. The number of aromatic amines is 1. The maximum atomic E-state index is 13.4. The lowest BCUT2D eigenvalue weighted by Gasteiger charge is -2.13. The number of rotatable bonds is 5. The highest BCUT2D eigenvalue weighted by molar-refractivity contribution is 7.59. The summed E-state index contributed by atoms with van der Waals surface area (Å²) in [5.41, 5.74) is 4.20. The number of fused-ring (bicyclic) bond motifs is 5. The Balaban J connectivity index is 0.000000830. The third kappa shape index (κ3) is 5.67. The number of aryl methyl sites for hydroxylation is 1. The van der Waals surface area contributed by atoms with E-state index in [9.17, 15) is 9.90 Å². The van der Waals surface area contributed by atoms with Crippen LogP contribution in [0.15, 0.2) is 101 Å². The number of anilines is 1. The Morgan fingerprint density at radius 1 is 0.881 bits per heavy atom. The second-order valence-electron chi connectivity index (χ2n) is 9.25. The summed E-state index contributed by atoms with van der Waals surface area (Å²) in [6, 6.07) is 28.3. The standard InChI is InChI=1S/C31H24N4O3.O3S/c1-18-16-21(38-2)13-15-25(18)33-31(37)24-17-19-12-14-23-22-10-6-7-11-26(22)32-28(23)27(19)29(30(24)36)35-34-20-8-4-3-5-9-20;1-4(2)3/h3-17,32,36H,1-2H3,(H,33,37);. The van der Waals surface area contributed by atoms with Crippen molar-refractivity contribution in [3.8, 4) is 11.5 Å². The van der Waals surface area contributed by atoms with Gasteiger partial charge in [0.25, 0.3) is 5.91 Å². The lowest BCUT2D eigenvalue weighted by Crippen LogP contribution is -2.13. The number of H-pyrrole nitrogens is 1. The normalized spacial score (nSPS) is 11.0. The molecule has 0 aliphatic carbocycles. The first-order valence-electron chi connectivity index (χ1n) is 12.7. The topological polar surface area (TPSA) is 150 Å². The average Bonchev–Trinajstić information content (AvgIpc) is 3.36. The Hall–Kier alpha value is -5.55. The van der Waals surface area contributed by atoms with Crippen LogP contribution in [0.3, 0.4) is 0 Å². The molecule has 6 rings (SSSR count). The highest BCUT2D eigenvalue weighted by atomic mass is 32.2. The summed E-state index contributed by atoms with van der Waals surface area (Å²) in [5, 5.41) is 26.7. The highest BCUT2D eigenvalue weighted by Crippen LogP contribution is 2.44. The molecule has 0 unspecified atom stereocenters. The number of azo groups is 1. The molecule has 5 aromatic carbocycles. The number of ether oxygens (including phenoxy) is 1. The molecular weight excluding hydrogens is 556 g/mol. The molecule has 210 valence electrons. The number of methoxy groups -OCH3 is 1. The van der Waals surface area contributed by atoms with Crippen LogP contribution in [-0.2, 0) is 10.6 Å². The molecule has 6 aromatic rings. The van der Waals surface area contributed by atoms with Crippen LogP contribution in [0.2, 0.25) is 0 Å². The number of hydrogen-bond acceptors (Lipinski definition) is 8. The number of benzene rings is 5. The number of aromatic hydroxyl groups is 1. The summed E-state index contributed by atoms with van der Waals surface area (Å²) in [4.78, 5) is 16.9. The van der Waals surface area contributed by atoms with E-state index in [0.717, 1.165) is 32.8 Å². The molecule has 0 saturated heterocycles. The van der Waals surface area contributed by atoms with Crippen molar-refractivity contribution in [2.75, 3.05) is 12.4 Å². The molecule has 0 atom stereocenters. The van der Waals surface area contributed by atoms with E-state index in [1.807, 2.05) is 79.7 Å². The zero-order chi connectivity index (χ0) is 29.8. The van der Waals surface area contributed by atoms with Crippen LogP contribution >= 0.6 is 0 Å². The van der Waals surface area contributed by atoms with Crippen molar-refractivity contribution in [1.82, 2.24) is 4.98 Å². The smallest absolute Gasteiger partial charge is 0.425 e. The molecule has 0 radical (unpaired) electrons. The second kappa shape index (κ2) is 11.9. The minimum Gasteiger partial charge on any atom is -0.505 e. The fourth-order valence-corrected chi connectivity index (χ4v) is 4.75. The van der Waals surface area contributed by atoms with E-state index in [1.165, 1.54) is 0 Å². The van der Waals surface area contributed by atoms with Crippen LogP contribution in [0.5, 0.6) is 11.5 Å². The molecule has 0 aliphatic heterocycles. The van der Waals surface area contributed by atoms with Crippen LogP contribution in [0, 0.1) is 6.92 Å². The van der Waals surface area contributed by atoms with E-state index >= 15 is 0 Å². The van der Waals surface area contributed by atoms with E-state index in [1.54, 1.807) is 25.3 Å².